The summed E-state index contributed by atoms with van der Waals surface area (Å²) in [7, 11) is 0. The van der Waals surface area contributed by atoms with Crippen LogP contribution in [0.15, 0.2) is 40.9 Å². The second kappa shape index (κ2) is 5.77. The smallest absolute Gasteiger partial charge is 0.251 e. The zero-order chi connectivity index (χ0) is 14.8. The molecule has 0 atom stereocenters. The van der Waals surface area contributed by atoms with E-state index in [1.807, 2.05) is 43.3 Å². The van der Waals surface area contributed by atoms with Gasteiger partial charge in [-0.1, -0.05) is 22.0 Å². The summed E-state index contributed by atoms with van der Waals surface area (Å²) in [5.41, 5.74) is 2.65. The standard InChI is InChI=1S/C16H14BrNO3/c1-10-4-12(7-13(17)5-10)16(19)18-8-11-2-3-14-15(6-11)21-9-20-14/h2-7H,8-9H2,1H3,(H,18,19). The summed E-state index contributed by atoms with van der Waals surface area (Å²) in [6, 6.07) is 11.3. The van der Waals surface area contributed by atoms with Crippen LogP contribution in [0, 0.1) is 6.92 Å². The fraction of sp³-hybridized carbons (Fsp3) is 0.188. The fourth-order valence-corrected chi connectivity index (χ4v) is 2.81. The van der Waals surface area contributed by atoms with Crippen LogP contribution in [-0.2, 0) is 6.54 Å². The van der Waals surface area contributed by atoms with Gasteiger partial charge in [-0.05, 0) is 48.4 Å². The lowest BCUT2D eigenvalue weighted by Crippen LogP contribution is -2.22. The van der Waals surface area contributed by atoms with E-state index in [0.29, 0.717) is 12.1 Å². The van der Waals surface area contributed by atoms with E-state index < -0.39 is 0 Å². The van der Waals surface area contributed by atoms with Crippen LogP contribution < -0.4 is 14.8 Å². The fourth-order valence-electron chi connectivity index (χ4n) is 2.20. The molecule has 0 aromatic heterocycles. The maximum absolute atomic E-state index is 12.2. The summed E-state index contributed by atoms with van der Waals surface area (Å²) < 4.78 is 11.5. The molecule has 0 saturated carbocycles. The van der Waals surface area contributed by atoms with Crippen molar-refractivity contribution in [3.63, 3.8) is 0 Å². The third kappa shape index (κ3) is 3.19. The largest absolute Gasteiger partial charge is 0.454 e. The van der Waals surface area contributed by atoms with E-state index in [0.717, 1.165) is 27.1 Å². The van der Waals surface area contributed by atoms with E-state index >= 15 is 0 Å². The minimum atomic E-state index is -0.0999. The highest BCUT2D eigenvalue weighted by Crippen LogP contribution is 2.32. The normalized spacial score (nSPS) is 12.3. The van der Waals surface area contributed by atoms with Crippen molar-refractivity contribution in [3.8, 4) is 11.5 Å². The summed E-state index contributed by atoms with van der Waals surface area (Å²) in [6.07, 6.45) is 0. The van der Waals surface area contributed by atoms with Crippen LogP contribution in [0.4, 0.5) is 0 Å². The molecule has 0 fully saturated rings. The Balaban J connectivity index is 1.68. The summed E-state index contributed by atoms with van der Waals surface area (Å²) in [4.78, 5) is 12.2. The second-order valence-electron chi connectivity index (χ2n) is 4.89. The van der Waals surface area contributed by atoms with Crippen LogP contribution in [-0.4, -0.2) is 12.7 Å². The van der Waals surface area contributed by atoms with Crippen molar-refractivity contribution in [2.75, 3.05) is 6.79 Å². The molecule has 1 aliphatic heterocycles. The molecule has 1 N–H and O–H groups in total. The van der Waals surface area contributed by atoms with E-state index in [1.165, 1.54) is 0 Å². The van der Waals surface area contributed by atoms with Gasteiger partial charge in [0.05, 0.1) is 0 Å². The number of hydrogen-bond acceptors (Lipinski definition) is 3. The first-order valence-electron chi connectivity index (χ1n) is 6.56. The zero-order valence-electron chi connectivity index (χ0n) is 11.5. The van der Waals surface area contributed by atoms with Crippen LogP contribution in [0.3, 0.4) is 0 Å². The quantitative estimate of drug-likeness (QED) is 0.925. The van der Waals surface area contributed by atoms with Crippen LogP contribution in [0.2, 0.25) is 0 Å². The Morgan fingerprint density at radius 1 is 1.19 bits per heavy atom. The molecule has 1 amide bonds. The molecule has 4 nitrogen and oxygen atoms in total. The first-order chi connectivity index (χ1) is 10.1. The molecule has 0 saturated heterocycles. The molecular formula is C16H14BrNO3. The molecule has 1 heterocycles. The van der Waals surface area contributed by atoms with E-state index in [9.17, 15) is 4.79 Å². The topological polar surface area (TPSA) is 47.6 Å². The Morgan fingerprint density at radius 2 is 2.00 bits per heavy atom. The zero-order valence-corrected chi connectivity index (χ0v) is 13.1. The van der Waals surface area contributed by atoms with Crippen LogP contribution in [0.5, 0.6) is 11.5 Å². The van der Waals surface area contributed by atoms with E-state index in [2.05, 4.69) is 21.2 Å². The van der Waals surface area contributed by atoms with Gasteiger partial charge in [0, 0.05) is 16.6 Å². The number of aryl methyl sites for hydroxylation is 1. The molecule has 0 spiro atoms. The number of benzene rings is 2. The molecule has 0 aliphatic carbocycles. The lowest BCUT2D eigenvalue weighted by molar-refractivity contribution is 0.0950. The Morgan fingerprint density at radius 3 is 2.81 bits per heavy atom. The number of carbonyl (C=O) groups is 1. The molecule has 1 aliphatic rings. The van der Waals surface area contributed by atoms with Crippen molar-refractivity contribution in [1.29, 1.82) is 0 Å². The highest BCUT2D eigenvalue weighted by molar-refractivity contribution is 9.10. The second-order valence-corrected chi connectivity index (χ2v) is 5.80. The van der Waals surface area contributed by atoms with E-state index in [1.54, 1.807) is 0 Å². The van der Waals surface area contributed by atoms with Gasteiger partial charge >= 0.3 is 0 Å². The molecule has 0 radical (unpaired) electrons. The van der Waals surface area contributed by atoms with Gasteiger partial charge in [-0.25, -0.2) is 0 Å². The number of nitrogens with one attached hydrogen (secondary N) is 1. The number of fused-ring (bicyclic) bond motifs is 1. The molecule has 3 rings (SSSR count). The Bertz CT molecular complexity index is 680. The summed E-state index contributed by atoms with van der Waals surface area (Å²) >= 11 is 3.40. The average molecular weight is 348 g/mol. The molecule has 108 valence electrons. The number of halogens is 1. The lowest BCUT2D eigenvalue weighted by atomic mass is 10.1. The van der Waals surface area contributed by atoms with Crippen LogP contribution in [0.25, 0.3) is 0 Å². The van der Waals surface area contributed by atoms with Crippen LogP contribution >= 0.6 is 15.9 Å². The van der Waals surface area contributed by atoms with Crippen molar-refractivity contribution in [2.45, 2.75) is 13.5 Å². The highest BCUT2D eigenvalue weighted by atomic mass is 79.9. The number of carbonyl (C=O) groups excluding carboxylic acids is 1. The minimum absolute atomic E-state index is 0.0999. The van der Waals surface area contributed by atoms with Crippen molar-refractivity contribution >= 4 is 21.8 Å². The van der Waals surface area contributed by atoms with Crippen molar-refractivity contribution < 1.29 is 14.3 Å². The third-order valence-electron chi connectivity index (χ3n) is 3.19. The monoisotopic (exact) mass is 347 g/mol. The van der Waals surface area contributed by atoms with Crippen molar-refractivity contribution in [2.24, 2.45) is 0 Å². The summed E-state index contributed by atoms with van der Waals surface area (Å²) in [5.74, 6) is 1.37. The van der Waals surface area contributed by atoms with Crippen LogP contribution in [0.1, 0.15) is 21.5 Å². The number of rotatable bonds is 3. The molecule has 0 bridgehead atoms. The highest BCUT2D eigenvalue weighted by Gasteiger charge is 2.13. The Labute approximate surface area is 131 Å². The first-order valence-corrected chi connectivity index (χ1v) is 7.35. The van der Waals surface area contributed by atoms with Gasteiger partial charge in [-0.2, -0.15) is 0 Å². The van der Waals surface area contributed by atoms with Gasteiger partial charge in [0.25, 0.3) is 5.91 Å². The molecule has 21 heavy (non-hydrogen) atoms. The Kier molecular flexibility index (Phi) is 3.84. The van der Waals surface area contributed by atoms with Crippen molar-refractivity contribution in [1.82, 2.24) is 5.32 Å². The lowest BCUT2D eigenvalue weighted by Gasteiger charge is -2.07. The predicted octanol–water partition coefficient (Wildman–Crippen LogP) is 3.42. The van der Waals surface area contributed by atoms with Gasteiger partial charge in [-0.3, -0.25) is 4.79 Å². The van der Waals surface area contributed by atoms with Gasteiger partial charge in [-0.15, -0.1) is 0 Å². The number of amides is 1. The maximum Gasteiger partial charge on any atom is 0.251 e. The summed E-state index contributed by atoms with van der Waals surface area (Å²) in [5, 5.41) is 2.90. The van der Waals surface area contributed by atoms with E-state index in [4.69, 9.17) is 9.47 Å². The predicted molar refractivity (Wildman–Crippen MR) is 82.6 cm³/mol. The van der Waals surface area contributed by atoms with Gasteiger partial charge in [0.2, 0.25) is 6.79 Å². The molecule has 2 aromatic carbocycles. The summed E-state index contributed by atoms with van der Waals surface area (Å²) in [6.45, 7) is 2.66. The average Bonchev–Trinajstić information content (AvgIpc) is 2.91. The molecule has 0 unspecified atom stereocenters. The van der Waals surface area contributed by atoms with E-state index in [-0.39, 0.29) is 12.7 Å². The van der Waals surface area contributed by atoms with Gasteiger partial charge < -0.3 is 14.8 Å². The molecule has 5 heteroatoms. The third-order valence-corrected chi connectivity index (χ3v) is 3.65. The maximum atomic E-state index is 12.2. The first kappa shape index (κ1) is 13.9. The molecular weight excluding hydrogens is 334 g/mol. The number of hydrogen-bond donors (Lipinski definition) is 1. The molecule has 2 aromatic rings. The number of ether oxygens (including phenoxy) is 2. The SMILES string of the molecule is Cc1cc(Br)cc(C(=O)NCc2ccc3c(c2)OCO3)c1. The Hall–Kier alpha value is -2.01. The van der Waals surface area contributed by atoms with Gasteiger partial charge in [0.15, 0.2) is 11.5 Å². The van der Waals surface area contributed by atoms with Gasteiger partial charge in [0.1, 0.15) is 0 Å². The van der Waals surface area contributed by atoms with Crippen molar-refractivity contribution in [3.05, 3.63) is 57.6 Å². The minimum Gasteiger partial charge on any atom is -0.454 e.